The van der Waals surface area contributed by atoms with Gasteiger partial charge in [-0.05, 0) is 85.3 Å². The summed E-state index contributed by atoms with van der Waals surface area (Å²) in [6, 6.07) is 96.2. The van der Waals surface area contributed by atoms with Gasteiger partial charge < -0.3 is 66.3 Å². The van der Waals surface area contributed by atoms with Crippen molar-refractivity contribution in [2.45, 2.75) is 210 Å². The Balaban J connectivity index is 0.825. The van der Waals surface area contributed by atoms with Crippen molar-refractivity contribution in [3.8, 4) is 0 Å². The monoisotopic (exact) mass is 1640 g/mol. The molecule has 2 bridgehead atoms. The summed E-state index contributed by atoms with van der Waals surface area (Å²) in [5.41, 5.74) is 19.2. The van der Waals surface area contributed by atoms with Crippen LogP contribution >= 0.6 is 7.82 Å². The van der Waals surface area contributed by atoms with Gasteiger partial charge in [0.1, 0.15) is 85.4 Å². The highest BCUT2D eigenvalue weighted by atomic mass is 31.2. The number of ether oxygens (including phenoxy) is 14. The maximum atomic E-state index is 15.7. The number of hydrogen-bond acceptors (Lipinski definition) is 19. The molecular formula is C98H106N3O18P. The summed E-state index contributed by atoms with van der Waals surface area (Å²) in [6.45, 7) is 6.87. The molecule has 19 atom stereocenters. The smallest absolute Gasteiger partial charge is 0.374 e. The quantitative estimate of drug-likeness (QED) is 0.0151. The molecule has 0 amide bonds. The van der Waals surface area contributed by atoms with Gasteiger partial charge >= 0.3 is 7.82 Å². The number of hydrogen-bond donors (Lipinski definition) is 0. The number of rotatable bonds is 39. The molecule has 0 radical (unpaired) electrons. The molecular weight excluding hydrogens is 1540 g/mol. The minimum Gasteiger partial charge on any atom is -0.374 e. The predicted molar refractivity (Wildman–Crippen MR) is 449 cm³/mol. The van der Waals surface area contributed by atoms with Crippen molar-refractivity contribution in [3.63, 3.8) is 0 Å². The van der Waals surface area contributed by atoms with E-state index in [2.05, 4.69) is 25.7 Å². The van der Waals surface area contributed by atoms with E-state index >= 15 is 4.57 Å². The van der Waals surface area contributed by atoms with Crippen molar-refractivity contribution in [2.24, 2.45) is 21.9 Å². The zero-order chi connectivity index (χ0) is 82.0. The molecule has 1 spiro atoms. The van der Waals surface area contributed by atoms with Gasteiger partial charge in [0.2, 0.25) is 0 Å². The van der Waals surface area contributed by atoms with E-state index in [0.29, 0.717) is 6.42 Å². The topological polar surface area (TPSA) is 223 Å². The van der Waals surface area contributed by atoms with Crippen LogP contribution in [0.25, 0.3) is 10.4 Å². The Labute approximate surface area is 702 Å². The largest absolute Gasteiger partial charge is 0.475 e. The van der Waals surface area contributed by atoms with Crippen LogP contribution in [-0.4, -0.2) is 117 Å². The molecule has 0 aromatic heterocycles. The van der Waals surface area contributed by atoms with E-state index in [4.69, 9.17) is 85.0 Å². The zero-order valence-electron chi connectivity index (χ0n) is 67.9. The number of fused-ring (bicyclic) bond motifs is 4. The Morgan fingerprint density at radius 2 is 0.675 bits per heavy atom. The van der Waals surface area contributed by atoms with E-state index < -0.39 is 124 Å². The van der Waals surface area contributed by atoms with Gasteiger partial charge in [0.05, 0.1) is 79.3 Å². The Morgan fingerprint density at radius 3 is 1.06 bits per heavy atom. The van der Waals surface area contributed by atoms with E-state index in [1.54, 1.807) is 0 Å². The van der Waals surface area contributed by atoms with Crippen molar-refractivity contribution in [1.82, 2.24) is 0 Å². The fraction of sp³-hybridized carbons (Fsp3) is 0.388. The van der Waals surface area contributed by atoms with E-state index in [1.165, 1.54) is 0 Å². The first-order valence-electron chi connectivity index (χ1n) is 41.7. The molecule has 626 valence electrons. The lowest BCUT2D eigenvalue weighted by atomic mass is 9.68. The van der Waals surface area contributed by atoms with Crippen molar-refractivity contribution >= 4 is 7.82 Å². The maximum Gasteiger partial charge on any atom is 0.475 e. The number of phosphoric ester groups is 1. The normalized spacial score (nSPS) is 28.6. The highest BCUT2D eigenvalue weighted by molar-refractivity contribution is 7.48. The molecule has 16 rings (SSSR count). The van der Waals surface area contributed by atoms with Gasteiger partial charge in [-0.3, -0.25) is 13.6 Å². The summed E-state index contributed by atoms with van der Waals surface area (Å²) >= 11 is 0. The van der Waals surface area contributed by atoms with E-state index in [1.807, 2.05) is 303 Å². The minimum absolute atomic E-state index is 0.0235. The predicted octanol–water partition coefficient (Wildman–Crippen LogP) is 19.1. The zero-order valence-corrected chi connectivity index (χ0v) is 68.8. The number of phosphoric acid groups is 1. The van der Waals surface area contributed by atoms with Gasteiger partial charge in [0.15, 0.2) is 18.4 Å². The molecule has 3 aliphatic carbocycles. The summed E-state index contributed by atoms with van der Waals surface area (Å²) in [4.78, 5) is 3.66. The van der Waals surface area contributed by atoms with Crippen LogP contribution in [0.4, 0.5) is 0 Å². The minimum atomic E-state index is -4.56. The maximum absolute atomic E-state index is 15.7. The van der Waals surface area contributed by atoms with Crippen LogP contribution in [0.1, 0.15) is 95.7 Å². The number of nitrogens with zero attached hydrogens (tertiary/aromatic N) is 3. The Morgan fingerprint density at radius 1 is 0.358 bits per heavy atom. The molecule has 22 heteroatoms. The molecule has 3 saturated heterocycles. The molecule has 1 unspecified atom stereocenters. The third-order valence-corrected chi connectivity index (χ3v) is 26.0. The van der Waals surface area contributed by atoms with Crippen LogP contribution in [0.3, 0.4) is 0 Å². The van der Waals surface area contributed by atoms with Gasteiger partial charge in [0.25, 0.3) is 0 Å². The third kappa shape index (κ3) is 20.4. The summed E-state index contributed by atoms with van der Waals surface area (Å²) in [5, 5.41) is 4.75. The molecule has 3 saturated carbocycles. The Bertz CT molecular complexity index is 4810. The van der Waals surface area contributed by atoms with Crippen LogP contribution in [0, 0.1) is 16.7 Å². The number of azide groups is 1. The first kappa shape index (κ1) is 84.7. The fourth-order valence-corrected chi connectivity index (χ4v) is 18.9. The lowest BCUT2D eigenvalue weighted by Crippen LogP contribution is -2.68. The molecule has 120 heavy (non-hydrogen) atoms. The first-order chi connectivity index (χ1) is 58.9. The van der Waals surface area contributed by atoms with Gasteiger partial charge in [-0.25, -0.2) is 4.57 Å². The summed E-state index contributed by atoms with van der Waals surface area (Å²) in [5.74, 6) is -0.850. The molecule has 10 aromatic carbocycles. The fourth-order valence-electron chi connectivity index (χ4n) is 17.8. The van der Waals surface area contributed by atoms with E-state index in [-0.39, 0.29) is 84.0 Å². The van der Waals surface area contributed by atoms with Crippen LogP contribution in [-0.2, 0) is 151 Å². The van der Waals surface area contributed by atoms with Crippen molar-refractivity contribution in [2.75, 3.05) is 13.2 Å². The van der Waals surface area contributed by atoms with Gasteiger partial charge in [-0.2, -0.15) is 0 Å². The van der Waals surface area contributed by atoms with Gasteiger partial charge in [0, 0.05) is 16.7 Å². The van der Waals surface area contributed by atoms with Gasteiger partial charge in [-0.1, -0.05) is 329 Å². The molecule has 21 nitrogen and oxygen atoms in total. The standard InChI is InChI=1S/C98H106N3O18P/c1-96(2)79-54-55-97(96,3)98(56-79)118-91-89(109-63-75-46-26-10-27-47-75)87(107-61-73-42-22-8-23-43-73)88(108-62-74-44-24-9-25-45-74)90(92(91)119-98)117-94-82(100-101-99)85(105-59-71-38-18-6-19-39-71)84(80(114-94)67-103-57-69-34-14-4-15-35-69)116-95-93(110-64-76-48-28-11-29-49-76)86(106-60-72-40-20-7-21-41-72)83(104-58-70-36-16-5-17-37-70)81(115-95)68-113-120(102,111-65-77-50-30-12-31-51-77)112-66-78-52-32-13-33-53-78/h4-53,79-95H,54-68H2,1-3H3/t79-,80+,81+,82+,83-,84+,85+,86-,87-,88-,89+,90+,91+,92-,93+,94+,95+,97-,98?/m0/s1. The summed E-state index contributed by atoms with van der Waals surface area (Å²) in [7, 11) is -4.56. The van der Waals surface area contributed by atoms with Crippen LogP contribution in [0.15, 0.2) is 308 Å². The van der Waals surface area contributed by atoms with Crippen LogP contribution < -0.4 is 0 Å². The van der Waals surface area contributed by atoms with E-state index in [9.17, 15) is 5.53 Å². The van der Waals surface area contributed by atoms with E-state index in [0.717, 1.165) is 68.5 Å². The second kappa shape index (κ2) is 40.4. The van der Waals surface area contributed by atoms with Crippen LogP contribution in [0.5, 0.6) is 0 Å². The molecule has 6 fully saturated rings. The average molecular weight is 1640 g/mol. The molecule has 6 aliphatic rings. The molecule has 3 heterocycles. The van der Waals surface area contributed by atoms with Crippen molar-refractivity contribution < 1.29 is 84.5 Å². The first-order valence-corrected chi connectivity index (χ1v) is 43.2. The second-order valence-corrected chi connectivity index (χ2v) is 34.2. The summed E-state index contributed by atoms with van der Waals surface area (Å²) < 4.78 is 140. The lowest BCUT2D eigenvalue weighted by molar-refractivity contribution is -0.370. The third-order valence-electron chi connectivity index (χ3n) is 24.6. The Hall–Kier alpha value is -8.94. The van der Waals surface area contributed by atoms with Crippen molar-refractivity contribution in [1.29, 1.82) is 0 Å². The SMILES string of the molecule is CC1(C)[C@H]2CC[C@]1(C)C1(C2)O[C@@H]2[C@H](OCc3ccccc3)[C@@H](OCc3ccccc3)[C@H](OCc3ccccc3)[C@@H](O[C@H]3O[C@H](COCc4ccccc4)[C@@H](O[C@H]4O[C@H](COP(=O)(OCc5ccccc5)OCc5ccccc5)[C@H](OCc5ccccc5)[C@H](OCc5ccccc5)[C@H]4OCc4ccccc4)[C@H](OCc4ccccc4)[C@H]3N=[N+]=[N-])[C@@H]2O1. The lowest BCUT2D eigenvalue weighted by Gasteiger charge is -2.51. The second-order valence-electron chi connectivity index (χ2n) is 32.5. The van der Waals surface area contributed by atoms with Crippen LogP contribution in [0.2, 0.25) is 0 Å². The highest BCUT2D eigenvalue weighted by Crippen LogP contribution is 2.73. The molecule has 0 N–H and O–H groups in total. The van der Waals surface area contributed by atoms with Crippen molar-refractivity contribution in [3.05, 3.63) is 369 Å². The molecule has 3 aliphatic heterocycles. The molecule has 10 aromatic rings. The summed E-state index contributed by atoms with van der Waals surface area (Å²) in [6.07, 6.45) is -14.5. The average Bonchev–Trinajstić information content (AvgIpc) is 1.51. The van der Waals surface area contributed by atoms with Gasteiger partial charge in [-0.15, -0.1) is 0 Å². The Kier molecular flexibility index (Phi) is 28.5. The highest BCUT2D eigenvalue weighted by Gasteiger charge is 2.76. The number of benzene rings is 10.